The highest BCUT2D eigenvalue weighted by Crippen LogP contribution is 2.27. The van der Waals surface area contributed by atoms with Crippen molar-refractivity contribution >= 4 is 39.1 Å². The van der Waals surface area contributed by atoms with Crippen molar-refractivity contribution in [1.82, 2.24) is 10.2 Å². The van der Waals surface area contributed by atoms with E-state index in [-0.39, 0.29) is 23.4 Å². The normalized spacial score (nSPS) is 12.1. The van der Waals surface area contributed by atoms with Crippen LogP contribution in [0.25, 0.3) is 0 Å². The zero-order valence-electron chi connectivity index (χ0n) is 23.4. The molecule has 3 aromatic rings. The molecule has 0 bridgehead atoms. The van der Waals surface area contributed by atoms with Gasteiger partial charge in [-0.2, -0.15) is 0 Å². The highest BCUT2D eigenvalue weighted by atomic mass is 35.5. The lowest BCUT2D eigenvalue weighted by molar-refractivity contribution is -0.139. The number of amides is 2. The Morgan fingerprint density at radius 2 is 1.57 bits per heavy atom. The summed E-state index contributed by atoms with van der Waals surface area (Å²) in [6, 6.07) is 18.9. The summed E-state index contributed by atoms with van der Waals surface area (Å²) >= 11 is 6.39. The van der Waals surface area contributed by atoms with E-state index in [0.717, 1.165) is 9.87 Å². The Bertz CT molecular complexity index is 1410. The zero-order chi connectivity index (χ0) is 29.4. The Morgan fingerprint density at radius 3 is 2.15 bits per heavy atom. The summed E-state index contributed by atoms with van der Waals surface area (Å²) < 4.78 is 34.4. The predicted octanol–water partition coefficient (Wildman–Crippen LogP) is 5.18. The Morgan fingerprint density at radius 1 is 0.950 bits per heavy atom. The van der Waals surface area contributed by atoms with Crippen LogP contribution in [0.2, 0.25) is 5.02 Å². The molecule has 1 N–H and O–H groups in total. The highest BCUT2D eigenvalue weighted by Gasteiger charge is 2.33. The van der Waals surface area contributed by atoms with E-state index in [1.807, 2.05) is 27.7 Å². The van der Waals surface area contributed by atoms with E-state index in [9.17, 15) is 18.0 Å². The smallest absolute Gasteiger partial charge is 0.264 e. The molecule has 0 aliphatic heterocycles. The molecule has 0 fully saturated rings. The van der Waals surface area contributed by atoms with Gasteiger partial charge in [-0.05, 0) is 82.6 Å². The first kappa shape index (κ1) is 31.0. The first-order valence-corrected chi connectivity index (χ1v) is 14.9. The molecule has 0 radical (unpaired) electrons. The molecule has 1 atom stereocenters. The van der Waals surface area contributed by atoms with Crippen molar-refractivity contribution in [3.8, 4) is 5.75 Å². The lowest BCUT2D eigenvalue weighted by atomic mass is 10.1. The first-order valence-electron chi connectivity index (χ1n) is 13.1. The minimum Gasteiger partial charge on any atom is -0.494 e. The number of halogens is 1. The van der Waals surface area contributed by atoms with Crippen LogP contribution in [0.4, 0.5) is 5.69 Å². The monoisotopic (exact) mass is 585 g/mol. The summed E-state index contributed by atoms with van der Waals surface area (Å²) in [5.41, 5.74) is 1.90. The van der Waals surface area contributed by atoms with Crippen LogP contribution in [0.15, 0.2) is 77.7 Å². The van der Waals surface area contributed by atoms with Crippen LogP contribution in [0.1, 0.15) is 38.8 Å². The van der Waals surface area contributed by atoms with Crippen LogP contribution < -0.4 is 14.4 Å². The molecule has 0 saturated carbocycles. The minimum absolute atomic E-state index is 0.00702. The molecule has 10 heteroatoms. The third kappa shape index (κ3) is 7.76. The van der Waals surface area contributed by atoms with Gasteiger partial charge in [-0.1, -0.05) is 47.5 Å². The fourth-order valence-corrected chi connectivity index (χ4v) is 5.65. The number of hydrogen-bond donors (Lipinski definition) is 1. The molecule has 0 aromatic heterocycles. The number of carbonyl (C=O) groups excluding carboxylic acids is 2. The lowest BCUT2D eigenvalue weighted by Gasteiger charge is -2.32. The molecule has 3 aromatic carbocycles. The average Bonchev–Trinajstić information content (AvgIpc) is 2.91. The second-order valence-corrected chi connectivity index (χ2v) is 12.0. The van der Waals surface area contributed by atoms with Gasteiger partial charge in [0.25, 0.3) is 10.0 Å². The van der Waals surface area contributed by atoms with Gasteiger partial charge in [-0.15, -0.1) is 0 Å². The maximum Gasteiger partial charge on any atom is 0.264 e. The van der Waals surface area contributed by atoms with Gasteiger partial charge < -0.3 is 15.0 Å². The number of hydrogen-bond acceptors (Lipinski definition) is 5. The van der Waals surface area contributed by atoms with E-state index in [4.69, 9.17) is 16.3 Å². The van der Waals surface area contributed by atoms with Crippen LogP contribution in [0, 0.1) is 6.92 Å². The van der Waals surface area contributed by atoms with Crippen molar-refractivity contribution in [3.05, 3.63) is 88.9 Å². The van der Waals surface area contributed by atoms with Gasteiger partial charge in [0.2, 0.25) is 11.8 Å². The number of nitrogens with one attached hydrogen (secondary N) is 1. The molecule has 0 unspecified atom stereocenters. The van der Waals surface area contributed by atoms with Crippen LogP contribution in [-0.4, -0.2) is 50.4 Å². The molecule has 0 spiro atoms. The van der Waals surface area contributed by atoms with Gasteiger partial charge in [0.1, 0.15) is 18.3 Å². The average molecular weight is 586 g/mol. The van der Waals surface area contributed by atoms with Crippen molar-refractivity contribution in [2.75, 3.05) is 17.5 Å². The largest absolute Gasteiger partial charge is 0.494 e. The summed E-state index contributed by atoms with van der Waals surface area (Å²) in [5.74, 6) is -0.372. The molecular weight excluding hydrogens is 550 g/mol. The van der Waals surface area contributed by atoms with Crippen LogP contribution in [0.5, 0.6) is 5.75 Å². The number of aryl methyl sites for hydroxylation is 1. The van der Waals surface area contributed by atoms with Gasteiger partial charge in [0, 0.05) is 17.6 Å². The molecule has 3 rings (SSSR count). The van der Waals surface area contributed by atoms with Crippen LogP contribution in [-0.2, 0) is 26.2 Å². The molecule has 0 aliphatic carbocycles. The van der Waals surface area contributed by atoms with E-state index < -0.39 is 28.5 Å². The predicted molar refractivity (Wildman–Crippen MR) is 158 cm³/mol. The maximum atomic E-state index is 13.9. The van der Waals surface area contributed by atoms with Gasteiger partial charge in [0.05, 0.1) is 17.2 Å². The number of carbonyl (C=O) groups is 2. The van der Waals surface area contributed by atoms with E-state index in [2.05, 4.69) is 5.32 Å². The Kier molecular flexibility index (Phi) is 10.6. The number of ether oxygens (including phenoxy) is 1. The van der Waals surface area contributed by atoms with Crippen LogP contribution in [0.3, 0.4) is 0 Å². The number of anilines is 1. The zero-order valence-corrected chi connectivity index (χ0v) is 25.0. The topological polar surface area (TPSA) is 96.0 Å². The maximum absolute atomic E-state index is 13.9. The number of nitrogens with zero attached hydrogens (tertiary/aromatic N) is 2. The fraction of sp³-hybridized carbons (Fsp3) is 0.333. The van der Waals surface area contributed by atoms with E-state index in [1.54, 1.807) is 67.6 Å². The van der Waals surface area contributed by atoms with Gasteiger partial charge in [0.15, 0.2) is 0 Å². The molecule has 0 saturated heterocycles. The standard InChI is InChI=1S/C30H36ClN3O5S/c1-6-39-26-15-17-27(18-16-26)40(37,38)34(25-13-11-22(4)12-14-25)20-29(35)33(23(5)30(36)32-21(2)3)19-24-9-7-8-10-28(24)31/h7-18,21,23H,6,19-20H2,1-5H3,(H,32,36)/t23-/m0/s1. The molecule has 0 aliphatic rings. The molecule has 2 amide bonds. The number of rotatable bonds is 12. The lowest BCUT2D eigenvalue weighted by Crippen LogP contribution is -2.52. The first-order chi connectivity index (χ1) is 18.9. The SMILES string of the molecule is CCOc1ccc(S(=O)(=O)N(CC(=O)N(Cc2ccccc2Cl)[C@@H](C)C(=O)NC(C)C)c2ccc(C)cc2)cc1. The summed E-state index contributed by atoms with van der Waals surface area (Å²) in [6.07, 6.45) is 0. The number of sulfonamides is 1. The van der Waals surface area contributed by atoms with Crippen LogP contribution >= 0.6 is 11.6 Å². The third-order valence-electron chi connectivity index (χ3n) is 6.22. The molecular formula is C30H36ClN3O5S. The fourth-order valence-electron chi connectivity index (χ4n) is 4.04. The summed E-state index contributed by atoms with van der Waals surface area (Å²) in [4.78, 5) is 28.3. The second-order valence-electron chi connectivity index (χ2n) is 9.70. The highest BCUT2D eigenvalue weighted by molar-refractivity contribution is 7.92. The van der Waals surface area contributed by atoms with Gasteiger partial charge in [-0.3, -0.25) is 13.9 Å². The van der Waals surface area contributed by atoms with Gasteiger partial charge in [-0.25, -0.2) is 8.42 Å². The van der Waals surface area contributed by atoms with Crippen molar-refractivity contribution < 1.29 is 22.7 Å². The van der Waals surface area contributed by atoms with E-state index in [1.165, 1.54) is 17.0 Å². The second kappa shape index (κ2) is 13.7. The Labute approximate surface area is 241 Å². The van der Waals surface area contributed by atoms with Crippen molar-refractivity contribution in [2.24, 2.45) is 0 Å². The van der Waals surface area contributed by atoms with E-state index >= 15 is 0 Å². The molecule has 8 nitrogen and oxygen atoms in total. The minimum atomic E-state index is -4.17. The van der Waals surface area contributed by atoms with Crippen molar-refractivity contribution in [2.45, 2.75) is 58.1 Å². The Hall–Kier alpha value is -3.56. The van der Waals surface area contributed by atoms with E-state index in [0.29, 0.717) is 28.6 Å². The Balaban J connectivity index is 2.03. The van der Waals surface area contributed by atoms with Crippen molar-refractivity contribution in [3.63, 3.8) is 0 Å². The van der Waals surface area contributed by atoms with Crippen molar-refractivity contribution in [1.29, 1.82) is 0 Å². The quantitative estimate of drug-likeness (QED) is 0.316. The number of benzene rings is 3. The van der Waals surface area contributed by atoms with Gasteiger partial charge >= 0.3 is 0 Å². The third-order valence-corrected chi connectivity index (χ3v) is 8.38. The molecule has 40 heavy (non-hydrogen) atoms. The molecule has 0 heterocycles. The summed E-state index contributed by atoms with van der Waals surface area (Å²) in [6.45, 7) is 8.94. The molecule has 214 valence electrons. The summed E-state index contributed by atoms with van der Waals surface area (Å²) in [5, 5.41) is 3.27. The summed E-state index contributed by atoms with van der Waals surface area (Å²) in [7, 11) is -4.17.